The molecule has 2 aromatic rings. The Balaban J connectivity index is 1.85. The van der Waals surface area contributed by atoms with Crippen molar-refractivity contribution >= 4 is 28.5 Å². The summed E-state index contributed by atoms with van der Waals surface area (Å²) in [5.74, 6) is -1.57. The number of hydrogen-bond donors (Lipinski definition) is 2. The van der Waals surface area contributed by atoms with E-state index in [1.807, 2.05) is 0 Å². The van der Waals surface area contributed by atoms with Crippen molar-refractivity contribution < 1.29 is 27.1 Å². The van der Waals surface area contributed by atoms with Crippen LogP contribution < -0.4 is 15.8 Å². The monoisotopic (exact) mass is 442 g/mol. The lowest BCUT2D eigenvalue weighted by molar-refractivity contribution is -0.0500. The summed E-state index contributed by atoms with van der Waals surface area (Å²) >= 11 is 1.06. The first-order chi connectivity index (χ1) is 14.1. The fraction of sp³-hybridized carbons (Fsp3) is 0.316. The zero-order chi connectivity index (χ0) is 22.1. The van der Waals surface area contributed by atoms with Gasteiger partial charge in [-0.3, -0.25) is 4.79 Å². The number of anilines is 1. The fourth-order valence-electron chi connectivity index (χ4n) is 3.11. The molecule has 2 heterocycles. The SMILES string of the molecule is C[C@H]1SC(N)=N[C@](C)(c2cc(NC(=O)c3ccc(OC(F)F)cn3)ccc2F)[C@H]1F. The van der Waals surface area contributed by atoms with E-state index >= 15 is 0 Å². The lowest BCUT2D eigenvalue weighted by atomic mass is 9.85. The number of pyridine rings is 1. The van der Waals surface area contributed by atoms with Crippen LogP contribution >= 0.6 is 11.8 Å². The third-order valence-electron chi connectivity index (χ3n) is 4.56. The largest absolute Gasteiger partial charge is 0.433 e. The summed E-state index contributed by atoms with van der Waals surface area (Å²) < 4.78 is 58.1. The molecule has 0 fully saturated rings. The number of halogens is 4. The van der Waals surface area contributed by atoms with Crippen molar-refractivity contribution in [2.75, 3.05) is 5.32 Å². The Hall–Kier alpha value is -2.82. The lowest BCUT2D eigenvalue weighted by Gasteiger charge is -2.37. The van der Waals surface area contributed by atoms with Crippen molar-refractivity contribution in [3.8, 4) is 5.75 Å². The van der Waals surface area contributed by atoms with Gasteiger partial charge < -0.3 is 15.8 Å². The van der Waals surface area contributed by atoms with Gasteiger partial charge in [0, 0.05) is 16.5 Å². The van der Waals surface area contributed by atoms with Crippen LogP contribution in [0.2, 0.25) is 0 Å². The smallest absolute Gasteiger partial charge is 0.387 e. The number of aromatic nitrogens is 1. The van der Waals surface area contributed by atoms with E-state index in [1.165, 1.54) is 25.1 Å². The van der Waals surface area contributed by atoms with Gasteiger partial charge in [-0.1, -0.05) is 11.8 Å². The summed E-state index contributed by atoms with van der Waals surface area (Å²) in [6.07, 6.45) is -0.538. The summed E-state index contributed by atoms with van der Waals surface area (Å²) in [5.41, 5.74) is 4.25. The molecular formula is C19H18F4N4O2S. The molecule has 160 valence electrons. The highest BCUT2D eigenvalue weighted by molar-refractivity contribution is 8.14. The number of nitrogens with zero attached hydrogens (tertiary/aromatic N) is 2. The average molecular weight is 442 g/mol. The van der Waals surface area contributed by atoms with E-state index in [9.17, 15) is 22.4 Å². The summed E-state index contributed by atoms with van der Waals surface area (Å²) in [7, 11) is 0. The molecule has 11 heteroatoms. The molecule has 0 saturated carbocycles. The van der Waals surface area contributed by atoms with Gasteiger partial charge in [0.1, 0.15) is 29.0 Å². The molecule has 0 spiro atoms. The van der Waals surface area contributed by atoms with Gasteiger partial charge in [0.15, 0.2) is 5.17 Å². The number of amides is 1. The molecule has 1 aliphatic heterocycles. The van der Waals surface area contributed by atoms with Crippen LogP contribution in [0.4, 0.5) is 23.2 Å². The van der Waals surface area contributed by atoms with Gasteiger partial charge in [0.05, 0.1) is 6.20 Å². The second-order valence-electron chi connectivity index (χ2n) is 6.73. The lowest BCUT2D eigenvalue weighted by Crippen LogP contribution is -2.44. The van der Waals surface area contributed by atoms with Gasteiger partial charge >= 0.3 is 6.61 Å². The number of nitrogens with two attached hydrogens (primary N) is 1. The molecule has 3 atom stereocenters. The number of benzene rings is 1. The summed E-state index contributed by atoms with van der Waals surface area (Å²) in [4.78, 5) is 20.3. The molecule has 0 unspecified atom stereocenters. The van der Waals surface area contributed by atoms with E-state index in [0.717, 1.165) is 30.1 Å². The van der Waals surface area contributed by atoms with Crippen LogP contribution in [0.25, 0.3) is 0 Å². The quantitative estimate of drug-likeness (QED) is 0.682. The minimum Gasteiger partial charge on any atom is -0.433 e. The summed E-state index contributed by atoms with van der Waals surface area (Å²) in [6.45, 7) is 0.0576. The number of aliphatic imine (C=N–C) groups is 1. The molecule has 3 rings (SSSR count). The van der Waals surface area contributed by atoms with Crippen LogP contribution in [0.3, 0.4) is 0 Å². The number of nitrogens with one attached hydrogen (secondary N) is 1. The number of amidine groups is 1. The van der Waals surface area contributed by atoms with Crippen molar-refractivity contribution in [2.24, 2.45) is 10.7 Å². The van der Waals surface area contributed by atoms with Crippen LogP contribution in [0, 0.1) is 5.82 Å². The molecule has 1 aromatic carbocycles. The molecule has 1 aliphatic rings. The number of carbonyl (C=O) groups excluding carboxylic acids is 1. The number of thioether (sulfide) groups is 1. The molecule has 6 nitrogen and oxygen atoms in total. The Labute approximate surface area is 173 Å². The van der Waals surface area contributed by atoms with E-state index in [2.05, 4.69) is 20.0 Å². The standard InChI is InChI=1S/C19H18F4N4O2S/c1-9-15(21)19(2,27-18(24)30-9)12-7-10(3-5-13(12)20)26-16(28)14-6-4-11(8-25-14)29-17(22)23/h3-9,15,17H,1-2H3,(H2,24,27)(H,26,28)/t9-,15+,19-/m1/s1. The second kappa shape index (κ2) is 8.50. The molecule has 0 saturated heterocycles. The van der Waals surface area contributed by atoms with Gasteiger partial charge in [-0.15, -0.1) is 0 Å². The Morgan fingerprint density at radius 1 is 1.33 bits per heavy atom. The fourth-order valence-corrected chi connectivity index (χ4v) is 4.11. The van der Waals surface area contributed by atoms with Crippen molar-refractivity contribution in [1.82, 2.24) is 4.98 Å². The molecule has 0 aliphatic carbocycles. The number of hydrogen-bond acceptors (Lipinski definition) is 6. The normalized spacial score (nSPS) is 23.8. The summed E-state index contributed by atoms with van der Waals surface area (Å²) in [6, 6.07) is 6.04. The maximum Gasteiger partial charge on any atom is 0.387 e. The molecule has 0 radical (unpaired) electrons. The van der Waals surface area contributed by atoms with E-state index in [4.69, 9.17) is 5.73 Å². The number of carbonyl (C=O) groups is 1. The first-order valence-electron chi connectivity index (χ1n) is 8.78. The van der Waals surface area contributed by atoms with Crippen LogP contribution in [0.5, 0.6) is 5.75 Å². The Bertz CT molecular complexity index is 974. The van der Waals surface area contributed by atoms with Crippen LogP contribution in [-0.4, -0.2) is 34.1 Å². The van der Waals surface area contributed by atoms with Gasteiger partial charge in [-0.2, -0.15) is 8.78 Å². The van der Waals surface area contributed by atoms with Crippen molar-refractivity contribution in [2.45, 2.75) is 37.4 Å². The van der Waals surface area contributed by atoms with Crippen molar-refractivity contribution in [1.29, 1.82) is 0 Å². The molecule has 3 N–H and O–H groups in total. The average Bonchev–Trinajstić information content (AvgIpc) is 2.67. The van der Waals surface area contributed by atoms with Crippen LogP contribution in [-0.2, 0) is 5.54 Å². The first-order valence-corrected chi connectivity index (χ1v) is 9.66. The maximum absolute atomic E-state index is 14.9. The zero-order valence-corrected chi connectivity index (χ0v) is 16.7. The topological polar surface area (TPSA) is 89.6 Å². The Kier molecular flexibility index (Phi) is 6.20. The van der Waals surface area contributed by atoms with Crippen molar-refractivity contribution in [3.05, 3.63) is 53.6 Å². The third-order valence-corrected chi connectivity index (χ3v) is 5.51. The van der Waals surface area contributed by atoms with E-state index in [-0.39, 0.29) is 27.9 Å². The molecule has 1 aromatic heterocycles. The highest BCUT2D eigenvalue weighted by Gasteiger charge is 2.45. The van der Waals surface area contributed by atoms with Crippen LogP contribution in [0.15, 0.2) is 41.5 Å². The highest BCUT2D eigenvalue weighted by atomic mass is 32.2. The second-order valence-corrected chi connectivity index (χ2v) is 8.13. The maximum atomic E-state index is 14.9. The predicted molar refractivity (Wildman–Crippen MR) is 106 cm³/mol. The molecule has 0 bridgehead atoms. The minimum atomic E-state index is -3.01. The Morgan fingerprint density at radius 3 is 2.70 bits per heavy atom. The molecule has 1 amide bonds. The minimum absolute atomic E-state index is 0.0588. The third kappa shape index (κ3) is 4.50. The first kappa shape index (κ1) is 21.9. The van der Waals surface area contributed by atoms with Gasteiger partial charge in [-0.25, -0.2) is 18.8 Å². The number of alkyl halides is 3. The van der Waals surface area contributed by atoms with Crippen LogP contribution in [0.1, 0.15) is 29.9 Å². The Morgan fingerprint density at radius 2 is 2.07 bits per heavy atom. The predicted octanol–water partition coefficient (Wildman–Crippen LogP) is 4.08. The van der Waals surface area contributed by atoms with Gasteiger partial charge in [0.2, 0.25) is 0 Å². The van der Waals surface area contributed by atoms with E-state index in [1.54, 1.807) is 6.92 Å². The highest BCUT2D eigenvalue weighted by Crippen LogP contribution is 2.42. The van der Waals surface area contributed by atoms with Gasteiger partial charge in [-0.05, 0) is 44.2 Å². The number of ether oxygens (including phenoxy) is 1. The number of rotatable bonds is 5. The molecule has 30 heavy (non-hydrogen) atoms. The zero-order valence-electron chi connectivity index (χ0n) is 15.9. The van der Waals surface area contributed by atoms with E-state index in [0.29, 0.717) is 0 Å². The summed E-state index contributed by atoms with van der Waals surface area (Å²) in [5, 5.41) is 2.12. The van der Waals surface area contributed by atoms with E-state index < -0.39 is 35.3 Å². The van der Waals surface area contributed by atoms with Crippen molar-refractivity contribution in [3.63, 3.8) is 0 Å². The van der Waals surface area contributed by atoms with Gasteiger partial charge in [0.25, 0.3) is 5.91 Å². The molecular weight excluding hydrogens is 424 g/mol.